The normalized spacial score (nSPS) is 21.5. The van der Waals surface area contributed by atoms with Crippen LogP contribution in [0.15, 0.2) is 54.6 Å². The Morgan fingerprint density at radius 1 is 1.05 bits per heavy atom. The van der Waals surface area contributed by atoms with Crippen LogP contribution in [-0.2, 0) is 30.3 Å². The Balaban J connectivity index is 2.00. The monoisotopic (exact) mass is 580 g/mol. The number of hydrogen-bond donors (Lipinski definition) is 0. The van der Waals surface area contributed by atoms with Crippen LogP contribution in [0.4, 0.5) is 32.0 Å². The van der Waals surface area contributed by atoms with Gasteiger partial charge in [-0.2, -0.15) is 26.3 Å². The van der Waals surface area contributed by atoms with E-state index >= 15 is 0 Å². The Morgan fingerprint density at radius 2 is 1.68 bits per heavy atom. The molecule has 0 aromatic heterocycles. The summed E-state index contributed by atoms with van der Waals surface area (Å²) in [4.78, 5) is 35.3. The van der Waals surface area contributed by atoms with Crippen LogP contribution < -0.4 is 0 Å². The summed E-state index contributed by atoms with van der Waals surface area (Å²) in [6.45, 7) is -1.55. The van der Waals surface area contributed by atoms with Crippen molar-refractivity contribution < 1.29 is 59.8 Å². The maximum Gasteiger partial charge on any atom is 0.471 e. The molecule has 218 valence electrons. The Morgan fingerprint density at radius 3 is 2.20 bits per heavy atom. The number of amides is 1. The molecule has 2 aromatic carbocycles. The van der Waals surface area contributed by atoms with Crippen LogP contribution in [0.25, 0.3) is 0 Å². The zero-order valence-electron chi connectivity index (χ0n) is 20.6. The number of rotatable bonds is 9. The molecule has 1 heterocycles. The molecule has 1 amide bonds. The van der Waals surface area contributed by atoms with Gasteiger partial charge in [-0.15, -0.1) is 0 Å². The van der Waals surface area contributed by atoms with Crippen LogP contribution >= 0.6 is 0 Å². The first-order valence-electron chi connectivity index (χ1n) is 11.4. The summed E-state index contributed by atoms with van der Waals surface area (Å²) in [7, 11) is 1.07. The highest BCUT2D eigenvalue weighted by Gasteiger charge is 2.58. The number of nitro groups is 1. The molecular weight excluding hydrogens is 558 g/mol. The number of halogens is 6. The maximum absolute atomic E-state index is 14.1. The molecule has 2 aromatic rings. The van der Waals surface area contributed by atoms with Gasteiger partial charge in [-0.3, -0.25) is 14.9 Å². The second-order valence-electron chi connectivity index (χ2n) is 8.49. The Hall–Kier alpha value is -3.76. The average Bonchev–Trinajstić information content (AvgIpc) is 2.89. The van der Waals surface area contributed by atoms with Crippen molar-refractivity contribution in [1.29, 1.82) is 0 Å². The number of nitro benzene ring substituents is 1. The molecular formula is C24H22F6N2O8. The number of methoxy groups -OCH3 is 1. The molecule has 1 unspecified atom stereocenters. The van der Waals surface area contributed by atoms with Gasteiger partial charge < -0.3 is 23.8 Å². The molecule has 0 bridgehead atoms. The molecule has 0 spiro atoms. The number of ether oxygens (including phenoxy) is 4. The summed E-state index contributed by atoms with van der Waals surface area (Å²) in [5, 5.41) is 10.8. The summed E-state index contributed by atoms with van der Waals surface area (Å²) in [6.07, 6.45) is -18.8. The molecule has 10 nitrogen and oxygen atoms in total. The topological polar surface area (TPSA) is 117 Å². The minimum Gasteiger partial charge on any atom is -0.432 e. The summed E-state index contributed by atoms with van der Waals surface area (Å²) >= 11 is 0. The van der Waals surface area contributed by atoms with E-state index in [0.717, 1.165) is 31.4 Å². The molecule has 1 saturated heterocycles. The lowest BCUT2D eigenvalue weighted by Crippen LogP contribution is -2.63. The third-order valence-electron chi connectivity index (χ3n) is 5.76. The van der Waals surface area contributed by atoms with Gasteiger partial charge in [0.1, 0.15) is 12.9 Å². The summed E-state index contributed by atoms with van der Waals surface area (Å²) in [5.41, 5.74) is -0.525. The van der Waals surface area contributed by atoms with E-state index in [0.29, 0.717) is 0 Å². The van der Waals surface area contributed by atoms with E-state index in [9.17, 15) is 46.0 Å². The Bertz CT molecular complexity index is 1180. The van der Waals surface area contributed by atoms with Crippen LogP contribution in [0.2, 0.25) is 0 Å². The second kappa shape index (κ2) is 12.6. The lowest BCUT2D eigenvalue weighted by Gasteiger charge is -2.45. The highest BCUT2D eigenvalue weighted by molar-refractivity contribution is 5.89. The molecule has 1 fully saturated rings. The molecule has 0 radical (unpaired) electrons. The fourth-order valence-electron chi connectivity index (χ4n) is 4.01. The number of esters is 1. The van der Waals surface area contributed by atoms with E-state index in [1.807, 2.05) is 0 Å². The molecule has 0 saturated carbocycles. The predicted octanol–water partition coefficient (Wildman–Crippen LogP) is 4.38. The zero-order valence-corrected chi connectivity index (χ0v) is 20.6. The fraction of sp³-hybridized carbons (Fsp3) is 0.417. The Kier molecular flexibility index (Phi) is 9.70. The molecule has 40 heavy (non-hydrogen) atoms. The summed E-state index contributed by atoms with van der Waals surface area (Å²) in [5.74, 6) is -3.72. The number of benzene rings is 2. The average molecular weight is 580 g/mol. The minimum absolute atomic E-state index is 0.167. The second-order valence-corrected chi connectivity index (χ2v) is 8.49. The number of non-ortho nitro benzene ring substituents is 1. The third-order valence-corrected chi connectivity index (χ3v) is 5.76. The molecule has 3 rings (SSSR count). The van der Waals surface area contributed by atoms with Gasteiger partial charge in [0.25, 0.3) is 5.69 Å². The van der Waals surface area contributed by atoms with Crippen LogP contribution in [0, 0.1) is 10.1 Å². The maximum atomic E-state index is 14.1. The van der Waals surface area contributed by atoms with Crippen molar-refractivity contribution >= 4 is 17.6 Å². The van der Waals surface area contributed by atoms with E-state index in [1.165, 1.54) is 24.3 Å². The number of hydrogen-bond acceptors (Lipinski definition) is 8. The number of carbonyl (C=O) groups is 2. The highest BCUT2D eigenvalue weighted by atomic mass is 19.4. The molecule has 1 aliphatic rings. The standard InChI is InChI=1S/C24H22F6N2O8/c1-37-13-38-19-17(31(22(34)24(28,29)30)12-14-5-3-2-4-6-14)11-18(39-20(19)23(25,26)27)40-21(33)15-7-9-16(10-8-15)32(35)36/h2-10,17-20H,11-13H2,1H3/t17-,18?,19-,20+/m0/s1. The van der Waals surface area contributed by atoms with Crippen molar-refractivity contribution in [2.45, 2.75) is 49.9 Å². The van der Waals surface area contributed by atoms with Crippen LogP contribution in [0.5, 0.6) is 0 Å². The van der Waals surface area contributed by atoms with Gasteiger partial charge in [-0.05, 0) is 17.7 Å². The highest BCUT2D eigenvalue weighted by Crippen LogP contribution is 2.38. The van der Waals surface area contributed by atoms with Gasteiger partial charge >= 0.3 is 24.2 Å². The van der Waals surface area contributed by atoms with Crippen LogP contribution in [0.1, 0.15) is 22.3 Å². The fourth-order valence-corrected chi connectivity index (χ4v) is 4.01. The number of carbonyl (C=O) groups excluding carboxylic acids is 2. The number of alkyl halides is 6. The van der Waals surface area contributed by atoms with Crippen molar-refractivity contribution in [3.8, 4) is 0 Å². The van der Waals surface area contributed by atoms with Gasteiger partial charge in [0.15, 0.2) is 6.10 Å². The predicted molar refractivity (Wildman–Crippen MR) is 121 cm³/mol. The van der Waals surface area contributed by atoms with Crippen molar-refractivity contribution in [3.05, 3.63) is 75.8 Å². The van der Waals surface area contributed by atoms with E-state index in [1.54, 1.807) is 6.07 Å². The molecule has 4 atom stereocenters. The SMILES string of the molecule is COCO[C@@H]1[C@H](C(F)(F)F)OC(OC(=O)c2ccc([N+](=O)[O-])cc2)C[C@@H]1N(Cc1ccccc1)C(=O)C(F)(F)F. The Labute approximate surface area is 222 Å². The number of nitrogens with zero attached hydrogens (tertiary/aromatic N) is 2. The molecule has 0 N–H and O–H groups in total. The van der Waals surface area contributed by atoms with Gasteiger partial charge in [-0.1, -0.05) is 30.3 Å². The smallest absolute Gasteiger partial charge is 0.432 e. The lowest BCUT2D eigenvalue weighted by atomic mass is 9.95. The molecule has 1 aliphatic heterocycles. The first kappa shape index (κ1) is 30.8. The van der Waals surface area contributed by atoms with E-state index < -0.39 is 73.5 Å². The van der Waals surface area contributed by atoms with Gasteiger partial charge in [0.2, 0.25) is 6.29 Å². The zero-order chi connectivity index (χ0) is 29.7. The molecule has 0 aliphatic carbocycles. The summed E-state index contributed by atoms with van der Waals surface area (Å²) < 4.78 is 103. The van der Waals surface area contributed by atoms with Crippen LogP contribution in [0.3, 0.4) is 0 Å². The van der Waals surface area contributed by atoms with Crippen molar-refractivity contribution in [2.75, 3.05) is 13.9 Å². The van der Waals surface area contributed by atoms with Gasteiger partial charge in [-0.25, -0.2) is 4.79 Å². The quantitative estimate of drug-likeness (QED) is 0.141. The third kappa shape index (κ3) is 7.67. The molecule has 16 heteroatoms. The summed E-state index contributed by atoms with van der Waals surface area (Å²) in [6, 6.07) is 9.08. The van der Waals surface area contributed by atoms with E-state index in [4.69, 9.17) is 14.2 Å². The first-order valence-corrected chi connectivity index (χ1v) is 11.4. The van der Waals surface area contributed by atoms with Crippen molar-refractivity contribution in [1.82, 2.24) is 4.90 Å². The van der Waals surface area contributed by atoms with Crippen LogP contribution in [-0.4, -0.2) is 72.5 Å². The van der Waals surface area contributed by atoms with E-state index in [-0.39, 0.29) is 21.7 Å². The van der Waals surface area contributed by atoms with Crippen molar-refractivity contribution in [2.24, 2.45) is 0 Å². The lowest BCUT2D eigenvalue weighted by molar-refractivity contribution is -0.384. The van der Waals surface area contributed by atoms with E-state index in [2.05, 4.69) is 4.74 Å². The first-order chi connectivity index (χ1) is 18.7. The van der Waals surface area contributed by atoms with Crippen molar-refractivity contribution in [3.63, 3.8) is 0 Å². The van der Waals surface area contributed by atoms with Gasteiger partial charge in [0.05, 0.1) is 16.5 Å². The minimum atomic E-state index is -5.47. The largest absolute Gasteiger partial charge is 0.471 e. The van der Waals surface area contributed by atoms with Gasteiger partial charge in [0, 0.05) is 32.2 Å².